The molecule has 1 aliphatic rings. The van der Waals surface area contributed by atoms with Crippen molar-refractivity contribution in [1.29, 1.82) is 0 Å². The van der Waals surface area contributed by atoms with E-state index in [1.54, 1.807) is 12.1 Å². The first-order valence-corrected chi connectivity index (χ1v) is 10.6. The Bertz CT molecular complexity index is 1140. The Labute approximate surface area is 180 Å². The van der Waals surface area contributed by atoms with E-state index < -0.39 is 11.8 Å². The van der Waals surface area contributed by atoms with E-state index in [9.17, 15) is 14.0 Å². The number of anilines is 1. The molecule has 0 spiro atoms. The number of hydrogen-bond donors (Lipinski definition) is 2. The lowest BCUT2D eigenvalue weighted by Crippen LogP contribution is -2.41. The Morgan fingerprint density at radius 2 is 2.10 bits per heavy atom. The lowest BCUT2D eigenvalue weighted by molar-refractivity contribution is 0.0818. The first-order chi connectivity index (χ1) is 15.0. The molecule has 162 valence electrons. The first-order valence-electron chi connectivity index (χ1n) is 10.6. The topological polar surface area (TPSA) is 74.4 Å². The van der Waals surface area contributed by atoms with Gasteiger partial charge >= 0.3 is 6.03 Å². The summed E-state index contributed by atoms with van der Waals surface area (Å²) in [6, 6.07) is 13.3. The molecule has 1 aliphatic heterocycles. The van der Waals surface area contributed by atoms with Gasteiger partial charge in [0.15, 0.2) is 0 Å². The van der Waals surface area contributed by atoms with Gasteiger partial charge in [0.05, 0.1) is 18.3 Å². The molecule has 0 bridgehead atoms. The number of rotatable bonds is 6. The molecule has 0 unspecified atom stereocenters. The van der Waals surface area contributed by atoms with Crippen molar-refractivity contribution in [2.75, 3.05) is 18.5 Å². The minimum absolute atomic E-state index is 0.0990. The zero-order valence-electron chi connectivity index (χ0n) is 17.5. The predicted molar refractivity (Wildman–Crippen MR) is 119 cm³/mol. The average molecular weight is 423 g/mol. The largest absolute Gasteiger partial charge is 0.376 e. The van der Waals surface area contributed by atoms with E-state index in [2.05, 4.69) is 17.2 Å². The highest BCUT2D eigenvalue weighted by Crippen LogP contribution is 2.19. The molecule has 1 aromatic heterocycles. The molecule has 2 heterocycles. The number of pyridine rings is 1. The fourth-order valence-electron chi connectivity index (χ4n) is 3.85. The minimum Gasteiger partial charge on any atom is -0.376 e. The summed E-state index contributed by atoms with van der Waals surface area (Å²) in [5.74, 6) is -0.511. The van der Waals surface area contributed by atoms with Crippen LogP contribution in [0.25, 0.3) is 10.9 Å². The Kier molecular flexibility index (Phi) is 6.32. The van der Waals surface area contributed by atoms with E-state index in [1.807, 2.05) is 24.3 Å². The van der Waals surface area contributed by atoms with Crippen molar-refractivity contribution in [2.45, 2.75) is 38.8 Å². The number of amides is 2. The predicted octanol–water partition coefficient (Wildman–Crippen LogP) is 4.44. The molecule has 3 aromatic rings. The van der Waals surface area contributed by atoms with Crippen molar-refractivity contribution in [1.82, 2.24) is 9.88 Å². The second-order valence-corrected chi connectivity index (χ2v) is 7.82. The van der Waals surface area contributed by atoms with Crippen LogP contribution in [-0.4, -0.2) is 35.2 Å². The molecule has 7 heteroatoms. The van der Waals surface area contributed by atoms with Crippen molar-refractivity contribution in [3.8, 4) is 0 Å². The standard InChI is InChI=1S/C24H26FN3O3/c1-2-16-9-10-21-17(12-16)13-18(23(29)26-21)14-28(15-19-6-5-11-31-19)24(30)27-22-8-4-3-7-20(22)25/h3-4,7-10,12-13,19H,2,5-6,11,14-15H2,1H3,(H,26,29)(H,27,30)/t19-/m1/s1. The van der Waals surface area contributed by atoms with Gasteiger partial charge in [0.25, 0.3) is 5.56 Å². The van der Waals surface area contributed by atoms with Gasteiger partial charge in [-0.3, -0.25) is 4.79 Å². The van der Waals surface area contributed by atoms with Gasteiger partial charge in [0.2, 0.25) is 0 Å². The average Bonchev–Trinajstić information content (AvgIpc) is 3.28. The second kappa shape index (κ2) is 9.31. The maximum atomic E-state index is 14.0. The second-order valence-electron chi connectivity index (χ2n) is 7.82. The van der Waals surface area contributed by atoms with E-state index in [0.29, 0.717) is 18.7 Å². The van der Waals surface area contributed by atoms with Gasteiger partial charge in [-0.05, 0) is 60.5 Å². The van der Waals surface area contributed by atoms with Gasteiger partial charge in [-0.1, -0.05) is 25.1 Å². The number of nitrogens with zero attached hydrogens (tertiary/aromatic N) is 1. The van der Waals surface area contributed by atoms with E-state index >= 15 is 0 Å². The summed E-state index contributed by atoms with van der Waals surface area (Å²) < 4.78 is 19.7. The molecule has 4 rings (SSSR count). The van der Waals surface area contributed by atoms with Crippen LogP contribution < -0.4 is 10.9 Å². The molecule has 2 aromatic carbocycles. The van der Waals surface area contributed by atoms with Crippen molar-refractivity contribution in [3.05, 3.63) is 75.8 Å². The van der Waals surface area contributed by atoms with Crippen molar-refractivity contribution in [3.63, 3.8) is 0 Å². The molecule has 1 fully saturated rings. The number of carbonyl (C=O) groups is 1. The summed E-state index contributed by atoms with van der Waals surface area (Å²) in [5, 5.41) is 3.54. The number of benzene rings is 2. The molecule has 31 heavy (non-hydrogen) atoms. The summed E-state index contributed by atoms with van der Waals surface area (Å²) in [5.41, 5.74) is 2.26. The molecule has 1 saturated heterocycles. The van der Waals surface area contributed by atoms with Crippen molar-refractivity contribution < 1.29 is 13.9 Å². The highest BCUT2D eigenvalue weighted by atomic mass is 19.1. The molecule has 2 amide bonds. The van der Waals surface area contributed by atoms with Crippen LogP contribution in [0.3, 0.4) is 0 Å². The maximum absolute atomic E-state index is 14.0. The number of hydrogen-bond acceptors (Lipinski definition) is 3. The summed E-state index contributed by atoms with van der Waals surface area (Å²) in [6.45, 7) is 3.16. The van der Waals surface area contributed by atoms with Gasteiger partial charge in [-0.2, -0.15) is 0 Å². The lowest BCUT2D eigenvalue weighted by atomic mass is 10.1. The number of halogens is 1. The highest BCUT2D eigenvalue weighted by Gasteiger charge is 2.24. The molecule has 0 saturated carbocycles. The highest BCUT2D eigenvalue weighted by molar-refractivity contribution is 5.89. The molecule has 0 aliphatic carbocycles. The fourth-order valence-corrected chi connectivity index (χ4v) is 3.85. The van der Waals surface area contributed by atoms with Crippen LogP contribution in [0, 0.1) is 5.82 Å². The van der Waals surface area contributed by atoms with Crippen LogP contribution in [0.2, 0.25) is 0 Å². The van der Waals surface area contributed by atoms with E-state index in [4.69, 9.17) is 4.74 Å². The fraction of sp³-hybridized carbons (Fsp3) is 0.333. The van der Waals surface area contributed by atoms with Crippen LogP contribution in [0.1, 0.15) is 30.9 Å². The number of aromatic nitrogens is 1. The molecule has 1 atom stereocenters. The zero-order valence-corrected chi connectivity index (χ0v) is 17.5. The number of para-hydroxylation sites is 1. The number of ether oxygens (including phenoxy) is 1. The van der Waals surface area contributed by atoms with Gasteiger partial charge in [-0.25, -0.2) is 9.18 Å². The molecule has 2 N–H and O–H groups in total. The Balaban J connectivity index is 1.62. The van der Waals surface area contributed by atoms with Crippen LogP contribution >= 0.6 is 0 Å². The molecular formula is C24H26FN3O3. The number of H-pyrrole nitrogens is 1. The Hall–Kier alpha value is -3.19. The number of fused-ring (bicyclic) bond motifs is 1. The third-order valence-corrected chi connectivity index (χ3v) is 5.61. The quantitative estimate of drug-likeness (QED) is 0.615. The third kappa shape index (κ3) is 4.94. The number of aromatic amines is 1. The van der Waals surface area contributed by atoms with Crippen LogP contribution in [0.4, 0.5) is 14.9 Å². The molecule has 0 radical (unpaired) electrons. The zero-order chi connectivity index (χ0) is 21.8. The normalized spacial score (nSPS) is 15.9. The van der Waals surface area contributed by atoms with Crippen molar-refractivity contribution >= 4 is 22.6 Å². The minimum atomic E-state index is -0.511. The van der Waals surface area contributed by atoms with Gasteiger partial charge in [0, 0.05) is 24.2 Å². The van der Waals surface area contributed by atoms with E-state index in [0.717, 1.165) is 30.2 Å². The third-order valence-electron chi connectivity index (χ3n) is 5.61. The summed E-state index contributed by atoms with van der Waals surface area (Å²) in [7, 11) is 0. The first kappa shape index (κ1) is 21.1. The molecular weight excluding hydrogens is 397 g/mol. The van der Waals surface area contributed by atoms with Crippen LogP contribution in [0.15, 0.2) is 53.3 Å². The SMILES string of the molecule is CCc1ccc2[nH]c(=O)c(CN(C[C@H]3CCCO3)C(=O)Nc3ccccc3F)cc2c1. The summed E-state index contributed by atoms with van der Waals surface area (Å²) in [6.07, 6.45) is 2.57. The number of aryl methyl sites for hydroxylation is 1. The Morgan fingerprint density at radius 3 is 2.84 bits per heavy atom. The lowest BCUT2D eigenvalue weighted by Gasteiger charge is -2.26. The van der Waals surface area contributed by atoms with Crippen LogP contribution in [0.5, 0.6) is 0 Å². The smallest absolute Gasteiger partial charge is 0.322 e. The van der Waals surface area contributed by atoms with Crippen LogP contribution in [-0.2, 0) is 17.7 Å². The summed E-state index contributed by atoms with van der Waals surface area (Å²) in [4.78, 5) is 30.1. The maximum Gasteiger partial charge on any atom is 0.322 e. The van der Waals surface area contributed by atoms with Gasteiger partial charge in [0.1, 0.15) is 5.82 Å². The van der Waals surface area contributed by atoms with E-state index in [1.165, 1.54) is 22.6 Å². The summed E-state index contributed by atoms with van der Waals surface area (Å²) >= 11 is 0. The monoisotopic (exact) mass is 423 g/mol. The number of nitrogens with one attached hydrogen (secondary N) is 2. The number of carbonyl (C=O) groups excluding carboxylic acids is 1. The van der Waals surface area contributed by atoms with Gasteiger partial charge < -0.3 is 19.9 Å². The molecule has 6 nitrogen and oxygen atoms in total. The Morgan fingerprint density at radius 1 is 1.26 bits per heavy atom. The van der Waals surface area contributed by atoms with Crippen molar-refractivity contribution in [2.24, 2.45) is 0 Å². The number of urea groups is 1. The van der Waals surface area contributed by atoms with Gasteiger partial charge in [-0.15, -0.1) is 0 Å². The van der Waals surface area contributed by atoms with E-state index in [-0.39, 0.29) is 23.9 Å².